The highest BCUT2D eigenvalue weighted by Gasteiger charge is 2.40. The van der Waals surface area contributed by atoms with Gasteiger partial charge >= 0.3 is 5.97 Å². The van der Waals surface area contributed by atoms with Crippen LogP contribution in [0.25, 0.3) is 0 Å². The zero-order valence-corrected chi connectivity index (χ0v) is 22.8. The summed E-state index contributed by atoms with van der Waals surface area (Å²) in [6.45, 7) is 12.2. The van der Waals surface area contributed by atoms with Crippen LogP contribution in [0.3, 0.4) is 0 Å². The predicted molar refractivity (Wildman–Crippen MR) is 146 cm³/mol. The van der Waals surface area contributed by atoms with Gasteiger partial charge in [0.25, 0.3) is 0 Å². The van der Waals surface area contributed by atoms with Gasteiger partial charge in [0.15, 0.2) is 0 Å². The molecule has 1 saturated carbocycles. The van der Waals surface area contributed by atoms with Crippen molar-refractivity contribution < 1.29 is 19.0 Å². The molecule has 2 aliphatic heterocycles. The van der Waals surface area contributed by atoms with Gasteiger partial charge < -0.3 is 15.2 Å². The molecule has 204 valence electrons. The number of carboxylic acids is 1. The number of unbranched alkanes of at least 4 members (excludes halogenated alkanes) is 1. The normalized spacial score (nSPS) is 21.9. The van der Waals surface area contributed by atoms with Crippen LogP contribution in [-0.4, -0.2) is 58.9 Å². The molecule has 7 heteroatoms. The zero-order valence-electron chi connectivity index (χ0n) is 22.8. The fourth-order valence-corrected chi connectivity index (χ4v) is 5.84. The highest BCUT2D eigenvalue weighted by Crippen LogP contribution is 2.41. The number of rotatable bonds is 13. The van der Waals surface area contributed by atoms with E-state index in [1.807, 2.05) is 31.7 Å². The first-order valence-corrected chi connectivity index (χ1v) is 14.2. The lowest BCUT2D eigenvalue weighted by molar-refractivity contribution is -0.141. The summed E-state index contributed by atoms with van der Waals surface area (Å²) in [6, 6.07) is 1.34. The molecule has 0 aromatic carbocycles. The molecule has 1 saturated heterocycles. The van der Waals surface area contributed by atoms with Gasteiger partial charge in [-0.2, -0.15) is 0 Å². The van der Waals surface area contributed by atoms with Crippen LogP contribution >= 0.6 is 0 Å². The first-order chi connectivity index (χ1) is 17.8. The highest BCUT2D eigenvalue weighted by atomic mass is 19.1. The molecular weight excluding hydrogens is 469 g/mol. The number of aromatic nitrogens is 1. The molecule has 3 heterocycles. The van der Waals surface area contributed by atoms with Crippen molar-refractivity contribution in [1.82, 2.24) is 9.88 Å². The Kier molecular flexibility index (Phi) is 9.27. The second-order valence-corrected chi connectivity index (χ2v) is 11.2. The van der Waals surface area contributed by atoms with Crippen LogP contribution in [0.5, 0.6) is 5.75 Å². The van der Waals surface area contributed by atoms with E-state index in [1.54, 1.807) is 0 Å². The maximum Gasteiger partial charge on any atom is 0.325 e. The Morgan fingerprint density at radius 1 is 1.35 bits per heavy atom. The van der Waals surface area contributed by atoms with Crippen LogP contribution in [-0.2, 0) is 17.6 Å². The number of aryl methyl sites for hydroxylation is 1. The fraction of sp³-hybridized carbons (Fsp3) is 0.667. The number of nitrogens with one attached hydrogen (secondary N) is 1. The minimum atomic E-state index is -0.918. The van der Waals surface area contributed by atoms with E-state index in [2.05, 4.69) is 18.0 Å². The quantitative estimate of drug-likeness (QED) is 0.250. The standard InChI is InChI=1S/C30H44FN3O3/c1-5-24(20(4)21-12-13-21)28(30(35)36)34-16-14-22(18-34)26(31)11-7-6-9-23-17-27(37-19(2)3)25-10-8-15-32-29(25)33-23/h5,17,19,21-22,26,28H,4,6-16,18H2,1-3H3,(H,32,33)(H,35,36)/b24-5+/t22-,26?,28-/m1/s1. The van der Waals surface area contributed by atoms with Gasteiger partial charge in [0.2, 0.25) is 0 Å². The number of hydrogen-bond acceptors (Lipinski definition) is 5. The number of pyridine rings is 1. The lowest BCUT2D eigenvalue weighted by atomic mass is 9.94. The Bertz CT molecular complexity index is 1000. The third-order valence-electron chi connectivity index (χ3n) is 7.97. The molecule has 2 N–H and O–H groups in total. The van der Waals surface area contributed by atoms with Crippen LogP contribution in [0.4, 0.5) is 10.2 Å². The van der Waals surface area contributed by atoms with Gasteiger partial charge in [-0.25, -0.2) is 9.37 Å². The van der Waals surface area contributed by atoms with Crippen LogP contribution in [0, 0.1) is 11.8 Å². The molecular formula is C30H44FN3O3. The number of halogens is 1. The van der Waals surface area contributed by atoms with Crippen molar-refractivity contribution in [3.8, 4) is 5.75 Å². The van der Waals surface area contributed by atoms with Crippen LogP contribution in [0.1, 0.15) is 77.0 Å². The summed E-state index contributed by atoms with van der Waals surface area (Å²) in [5.41, 5.74) is 3.91. The maximum absolute atomic E-state index is 15.2. The number of anilines is 1. The second kappa shape index (κ2) is 12.4. The monoisotopic (exact) mass is 513 g/mol. The number of allylic oxidation sites excluding steroid dienone is 1. The number of hydrogen-bond donors (Lipinski definition) is 2. The summed E-state index contributed by atoms with van der Waals surface area (Å²) in [7, 11) is 0. The average molecular weight is 514 g/mol. The van der Waals surface area contributed by atoms with Crippen molar-refractivity contribution in [2.45, 2.75) is 96.9 Å². The molecule has 1 unspecified atom stereocenters. The SMILES string of the molecule is C=C(/C(=C\C)[C@H](C(=O)O)N1CC[C@@H](C(F)CCCCc2cc(OC(C)C)c3c(n2)NCCC3)C1)C1CC1. The van der Waals surface area contributed by atoms with E-state index < -0.39 is 18.2 Å². The fourth-order valence-electron chi connectivity index (χ4n) is 5.84. The molecule has 0 bridgehead atoms. The Hall–Kier alpha value is -2.41. The van der Waals surface area contributed by atoms with Crippen molar-refractivity contribution >= 4 is 11.8 Å². The molecule has 2 fully saturated rings. The van der Waals surface area contributed by atoms with Crippen LogP contribution in [0.2, 0.25) is 0 Å². The molecule has 1 aromatic heterocycles. The summed E-state index contributed by atoms with van der Waals surface area (Å²) in [5.74, 6) is 1.29. The highest BCUT2D eigenvalue weighted by molar-refractivity contribution is 5.79. The molecule has 0 amide bonds. The molecule has 6 nitrogen and oxygen atoms in total. The summed E-state index contributed by atoms with van der Waals surface area (Å²) < 4.78 is 21.3. The maximum atomic E-state index is 15.2. The van der Waals surface area contributed by atoms with Crippen molar-refractivity contribution in [3.63, 3.8) is 0 Å². The number of aliphatic carboxylic acids is 1. The summed E-state index contributed by atoms with van der Waals surface area (Å²) >= 11 is 0. The molecule has 4 rings (SSSR count). The smallest absolute Gasteiger partial charge is 0.325 e. The summed E-state index contributed by atoms with van der Waals surface area (Å²) in [6.07, 6.45) is 8.95. The largest absolute Gasteiger partial charge is 0.491 e. The second-order valence-electron chi connectivity index (χ2n) is 11.2. The Morgan fingerprint density at radius 3 is 2.81 bits per heavy atom. The third-order valence-corrected chi connectivity index (χ3v) is 7.97. The van der Waals surface area contributed by atoms with Gasteiger partial charge in [0.1, 0.15) is 23.8 Å². The summed E-state index contributed by atoms with van der Waals surface area (Å²) in [5, 5.41) is 13.4. The molecule has 1 aromatic rings. The minimum absolute atomic E-state index is 0.107. The van der Waals surface area contributed by atoms with Crippen LogP contribution in [0.15, 0.2) is 29.9 Å². The molecule has 3 aliphatic rings. The topological polar surface area (TPSA) is 74.7 Å². The number of carboxylic acid groups (broad SMARTS) is 1. The van der Waals surface area contributed by atoms with E-state index in [4.69, 9.17) is 9.72 Å². The minimum Gasteiger partial charge on any atom is -0.491 e. The van der Waals surface area contributed by atoms with Gasteiger partial charge in [0, 0.05) is 36.3 Å². The van der Waals surface area contributed by atoms with E-state index in [-0.39, 0.29) is 12.0 Å². The first-order valence-electron chi connectivity index (χ1n) is 14.2. The van der Waals surface area contributed by atoms with Crippen molar-refractivity contribution in [2.24, 2.45) is 11.8 Å². The van der Waals surface area contributed by atoms with Gasteiger partial charge in [-0.05, 0) is 95.7 Å². The summed E-state index contributed by atoms with van der Waals surface area (Å²) in [4.78, 5) is 19.0. The zero-order chi connectivity index (χ0) is 26.5. The number of fused-ring (bicyclic) bond motifs is 1. The lowest BCUT2D eigenvalue weighted by Crippen LogP contribution is -2.42. The molecule has 3 atom stereocenters. The van der Waals surface area contributed by atoms with E-state index in [9.17, 15) is 9.90 Å². The number of alkyl halides is 1. The van der Waals surface area contributed by atoms with Crippen molar-refractivity contribution in [3.05, 3.63) is 41.1 Å². The van der Waals surface area contributed by atoms with E-state index in [0.717, 1.165) is 79.9 Å². The van der Waals surface area contributed by atoms with Gasteiger partial charge in [-0.1, -0.05) is 19.1 Å². The van der Waals surface area contributed by atoms with Crippen LogP contribution < -0.4 is 10.1 Å². The molecule has 0 radical (unpaired) electrons. The predicted octanol–water partition coefficient (Wildman–Crippen LogP) is 5.97. The van der Waals surface area contributed by atoms with E-state index in [0.29, 0.717) is 31.8 Å². The van der Waals surface area contributed by atoms with E-state index in [1.165, 1.54) is 5.56 Å². The van der Waals surface area contributed by atoms with Gasteiger partial charge in [0.05, 0.1) is 6.10 Å². The number of ether oxygens (including phenoxy) is 1. The van der Waals surface area contributed by atoms with Gasteiger partial charge in [-0.3, -0.25) is 9.69 Å². The number of nitrogens with zero attached hydrogens (tertiary/aromatic N) is 2. The van der Waals surface area contributed by atoms with E-state index >= 15 is 4.39 Å². The average Bonchev–Trinajstić information content (AvgIpc) is 3.61. The molecule has 0 spiro atoms. The number of likely N-dealkylation sites (tertiary alicyclic amines) is 1. The first kappa shape index (κ1) is 27.6. The molecule has 37 heavy (non-hydrogen) atoms. The molecule has 1 aliphatic carbocycles. The Balaban J connectivity index is 1.28. The van der Waals surface area contributed by atoms with Gasteiger partial charge in [-0.15, -0.1) is 0 Å². The third kappa shape index (κ3) is 6.92. The Morgan fingerprint density at radius 2 is 2.14 bits per heavy atom. The van der Waals surface area contributed by atoms with Crippen molar-refractivity contribution in [2.75, 3.05) is 25.0 Å². The Labute approximate surface area is 221 Å². The number of carbonyl (C=O) groups is 1. The van der Waals surface area contributed by atoms with Crippen molar-refractivity contribution in [1.29, 1.82) is 0 Å². The lowest BCUT2D eigenvalue weighted by Gasteiger charge is -2.28.